The molecule has 1 aromatic carbocycles. The van der Waals surface area contributed by atoms with Gasteiger partial charge in [0.25, 0.3) is 6.43 Å². The molecule has 116 valence electrons. The zero-order chi connectivity index (χ0) is 14.8. The summed E-state index contributed by atoms with van der Waals surface area (Å²) in [5.74, 6) is 0. The van der Waals surface area contributed by atoms with Gasteiger partial charge in [-0.15, -0.1) is 0 Å². The lowest BCUT2D eigenvalue weighted by molar-refractivity contribution is -0.0415. The number of ether oxygens (including phenoxy) is 1. The quantitative estimate of drug-likeness (QED) is 0.838. The summed E-state index contributed by atoms with van der Waals surface area (Å²) in [4.78, 5) is 2.44. The summed E-state index contributed by atoms with van der Waals surface area (Å²) in [6, 6.07) is 5.12. The van der Waals surface area contributed by atoms with E-state index >= 15 is 0 Å². The number of nitrogen functional groups attached to an aromatic ring is 1. The highest BCUT2D eigenvalue weighted by Gasteiger charge is 2.32. The average Bonchev–Trinajstić information content (AvgIpc) is 2.93. The Labute approximate surface area is 123 Å². The highest BCUT2D eigenvalue weighted by molar-refractivity contribution is 5.58. The van der Waals surface area contributed by atoms with Crippen molar-refractivity contribution in [1.82, 2.24) is 4.90 Å². The fourth-order valence-corrected chi connectivity index (χ4v) is 3.16. The van der Waals surface area contributed by atoms with Gasteiger partial charge in [-0.05, 0) is 37.6 Å². The van der Waals surface area contributed by atoms with Crippen LogP contribution in [0.2, 0.25) is 0 Å². The van der Waals surface area contributed by atoms with Crippen LogP contribution in [0.5, 0.6) is 0 Å². The molecule has 6 heteroatoms. The van der Waals surface area contributed by atoms with Gasteiger partial charge in [-0.2, -0.15) is 0 Å². The zero-order valence-corrected chi connectivity index (χ0v) is 11.9. The van der Waals surface area contributed by atoms with Gasteiger partial charge in [-0.1, -0.05) is 0 Å². The summed E-state index contributed by atoms with van der Waals surface area (Å²) in [5.41, 5.74) is 6.31. The molecule has 0 saturated carbocycles. The molecule has 1 aromatic rings. The number of fused-ring (bicyclic) bond motifs is 1. The van der Waals surface area contributed by atoms with Gasteiger partial charge in [0.2, 0.25) is 0 Å². The average molecular weight is 297 g/mol. The maximum absolute atomic E-state index is 13.0. The van der Waals surface area contributed by atoms with Crippen molar-refractivity contribution in [3.8, 4) is 0 Å². The lowest BCUT2D eigenvalue weighted by atomic mass is 10.1. The summed E-state index contributed by atoms with van der Waals surface area (Å²) < 4.78 is 31.8. The third kappa shape index (κ3) is 3.27. The van der Waals surface area contributed by atoms with E-state index in [4.69, 9.17) is 10.5 Å². The smallest absolute Gasteiger partial charge is 0.265 e. The van der Waals surface area contributed by atoms with Crippen LogP contribution in [0.4, 0.5) is 20.2 Å². The van der Waals surface area contributed by atoms with Crippen molar-refractivity contribution < 1.29 is 13.5 Å². The number of hydrogen-bond donors (Lipinski definition) is 2. The van der Waals surface area contributed by atoms with Crippen molar-refractivity contribution in [1.29, 1.82) is 0 Å². The van der Waals surface area contributed by atoms with E-state index in [1.807, 2.05) is 0 Å². The lowest BCUT2D eigenvalue weighted by Crippen LogP contribution is -2.48. The lowest BCUT2D eigenvalue weighted by Gasteiger charge is -2.35. The molecule has 21 heavy (non-hydrogen) atoms. The van der Waals surface area contributed by atoms with Crippen molar-refractivity contribution in [3.05, 3.63) is 23.8 Å². The fourth-order valence-electron chi connectivity index (χ4n) is 3.16. The van der Waals surface area contributed by atoms with Crippen molar-refractivity contribution in [3.63, 3.8) is 0 Å². The Balaban J connectivity index is 1.60. The molecule has 2 saturated heterocycles. The first-order chi connectivity index (χ1) is 10.1. The van der Waals surface area contributed by atoms with Gasteiger partial charge in [0.1, 0.15) is 0 Å². The van der Waals surface area contributed by atoms with E-state index in [-0.39, 0.29) is 11.7 Å². The highest BCUT2D eigenvalue weighted by Crippen LogP contribution is 2.29. The van der Waals surface area contributed by atoms with Crippen LogP contribution in [0, 0.1) is 0 Å². The summed E-state index contributed by atoms with van der Waals surface area (Å²) in [6.07, 6.45) is -0.0661. The first-order valence-corrected chi connectivity index (χ1v) is 7.40. The predicted octanol–water partition coefficient (Wildman–Crippen LogP) is 2.48. The predicted molar refractivity (Wildman–Crippen MR) is 78.6 cm³/mol. The van der Waals surface area contributed by atoms with E-state index in [0.29, 0.717) is 24.0 Å². The van der Waals surface area contributed by atoms with E-state index in [1.54, 1.807) is 12.1 Å². The van der Waals surface area contributed by atoms with Crippen LogP contribution in [0.1, 0.15) is 24.8 Å². The number of nitrogens with two attached hydrogens (primary N) is 1. The number of nitrogens with one attached hydrogen (secondary N) is 1. The first kappa shape index (κ1) is 14.5. The van der Waals surface area contributed by atoms with Gasteiger partial charge < -0.3 is 15.8 Å². The third-order valence-corrected chi connectivity index (χ3v) is 4.29. The SMILES string of the molecule is Nc1ccc(NCC2CN3CCCC3CO2)c(C(F)F)c1. The van der Waals surface area contributed by atoms with Gasteiger partial charge in [-0.25, -0.2) is 8.78 Å². The molecular weight excluding hydrogens is 276 g/mol. The fraction of sp³-hybridized carbons (Fsp3) is 0.600. The van der Waals surface area contributed by atoms with Gasteiger partial charge >= 0.3 is 0 Å². The van der Waals surface area contributed by atoms with Gasteiger partial charge in [0.15, 0.2) is 0 Å². The number of halogens is 2. The number of anilines is 2. The second-order valence-electron chi connectivity index (χ2n) is 5.77. The molecule has 2 aliphatic rings. The number of hydrogen-bond acceptors (Lipinski definition) is 4. The normalized spacial score (nSPS) is 26.0. The van der Waals surface area contributed by atoms with Crippen LogP contribution in [-0.4, -0.2) is 43.3 Å². The van der Waals surface area contributed by atoms with Crippen molar-refractivity contribution in [2.75, 3.05) is 37.3 Å². The van der Waals surface area contributed by atoms with Gasteiger partial charge in [0, 0.05) is 36.1 Å². The minimum Gasteiger partial charge on any atom is -0.399 e. The molecular formula is C15H21F2N3O. The minimum atomic E-state index is -2.54. The Kier molecular flexibility index (Phi) is 4.26. The molecule has 0 aliphatic carbocycles. The van der Waals surface area contributed by atoms with Crippen LogP contribution in [0.25, 0.3) is 0 Å². The van der Waals surface area contributed by atoms with Crippen LogP contribution < -0.4 is 11.1 Å². The topological polar surface area (TPSA) is 50.5 Å². The van der Waals surface area contributed by atoms with E-state index in [9.17, 15) is 8.78 Å². The number of morpholine rings is 1. The Hall–Kier alpha value is -1.40. The number of alkyl halides is 2. The van der Waals surface area contributed by atoms with E-state index in [0.717, 1.165) is 19.7 Å². The molecule has 0 bridgehead atoms. The molecule has 0 spiro atoms. The Morgan fingerprint density at radius 2 is 2.29 bits per heavy atom. The molecule has 2 atom stereocenters. The van der Waals surface area contributed by atoms with Crippen molar-refractivity contribution in [2.45, 2.75) is 31.4 Å². The standard InChI is InChI=1S/C15H21F2N3O/c16-15(17)13-6-10(18)3-4-14(13)19-7-12-8-20-5-1-2-11(20)9-21-12/h3-4,6,11-12,15,19H,1-2,5,7-9,18H2. The Bertz CT molecular complexity index is 498. The summed E-state index contributed by atoms with van der Waals surface area (Å²) in [6.45, 7) is 3.27. The molecule has 2 fully saturated rings. The molecule has 2 heterocycles. The summed E-state index contributed by atoms with van der Waals surface area (Å²) >= 11 is 0. The molecule has 2 unspecified atom stereocenters. The molecule has 4 nitrogen and oxygen atoms in total. The van der Waals surface area contributed by atoms with Gasteiger partial charge in [-0.3, -0.25) is 4.90 Å². The number of rotatable bonds is 4. The number of benzene rings is 1. The molecule has 3 rings (SSSR count). The Morgan fingerprint density at radius 1 is 1.43 bits per heavy atom. The van der Waals surface area contributed by atoms with E-state index < -0.39 is 6.43 Å². The van der Waals surface area contributed by atoms with Crippen LogP contribution in [-0.2, 0) is 4.74 Å². The first-order valence-electron chi connectivity index (χ1n) is 7.40. The maximum atomic E-state index is 13.0. The largest absolute Gasteiger partial charge is 0.399 e. The second kappa shape index (κ2) is 6.15. The maximum Gasteiger partial charge on any atom is 0.265 e. The Morgan fingerprint density at radius 3 is 3.10 bits per heavy atom. The van der Waals surface area contributed by atoms with Crippen molar-refractivity contribution >= 4 is 11.4 Å². The zero-order valence-electron chi connectivity index (χ0n) is 11.9. The number of nitrogens with zero attached hydrogens (tertiary/aromatic N) is 1. The highest BCUT2D eigenvalue weighted by atomic mass is 19.3. The minimum absolute atomic E-state index is 0.0439. The summed E-state index contributed by atoms with van der Waals surface area (Å²) in [7, 11) is 0. The van der Waals surface area contributed by atoms with Crippen LogP contribution in [0.3, 0.4) is 0 Å². The monoisotopic (exact) mass is 297 g/mol. The molecule has 0 amide bonds. The van der Waals surface area contributed by atoms with E-state index in [2.05, 4.69) is 10.2 Å². The van der Waals surface area contributed by atoms with Crippen molar-refractivity contribution in [2.24, 2.45) is 0 Å². The third-order valence-electron chi connectivity index (χ3n) is 4.29. The molecule has 3 N–H and O–H groups in total. The van der Waals surface area contributed by atoms with Gasteiger partial charge in [0.05, 0.1) is 12.7 Å². The summed E-state index contributed by atoms with van der Waals surface area (Å²) in [5, 5.41) is 3.08. The molecule has 0 radical (unpaired) electrons. The van der Waals surface area contributed by atoms with Crippen LogP contribution in [0.15, 0.2) is 18.2 Å². The van der Waals surface area contributed by atoms with Crippen LogP contribution >= 0.6 is 0 Å². The molecule has 2 aliphatic heterocycles. The second-order valence-corrected chi connectivity index (χ2v) is 5.77. The molecule has 0 aromatic heterocycles. The van der Waals surface area contributed by atoms with E-state index in [1.165, 1.54) is 18.9 Å².